The summed E-state index contributed by atoms with van der Waals surface area (Å²) in [5.74, 6) is 0.769. The van der Waals surface area contributed by atoms with Crippen molar-refractivity contribution in [3.05, 3.63) is 12.2 Å². The Bertz CT molecular complexity index is 219. The second-order valence-corrected chi connectivity index (χ2v) is 2.52. The molecule has 0 N–H and O–H groups in total. The first-order valence-electron chi connectivity index (χ1n) is 3.74. The SMILES string of the molecule is CCc1ncn(CC(C)F)n1. The number of aromatic nitrogens is 3. The fourth-order valence-corrected chi connectivity index (χ4v) is 0.841. The average Bonchev–Trinajstić information content (AvgIpc) is 2.34. The molecule has 1 unspecified atom stereocenters. The maximum atomic E-state index is 12.4. The first-order valence-corrected chi connectivity index (χ1v) is 3.74. The molecule has 11 heavy (non-hydrogen) atoms. The minimum atomic E-state index is -0.860. The molecule has 0 amide bonds. The van der Waals surface area contributed by atoms with E-state index in [0.29, 0.717) is 6.54 Å². The predicted molar refractivity (Wildman–Crippen MR) is 40.0 cm³/mol. The molecule has 0 aromatic carbocycles. The van der Waals surface area contributed by atoms with Gasteiger partial charge < -0.3 is 0 Å². The number of aryl methyl sites for hydroxylation is 1. The van der Waals surface area contributed by atoms with Gasteiger partial charge >= 0.3 is 0 Å². The first-order chi connectivity index (χ1) is 5.22. The van der Waals surface area contributed by atoms with E-state index in [0.717, 1.165) is 12.2 Å². The van der Waals surface area contributed by atoms with Gasteiger partial charge in [-0.3, -0.25) is 0 Å². The number of halogens is 1. The highest BCUT2D eigenvalue weighted by molar-refractivity contribution is 4.79. The van der Waals surface area contributed by atoms with Crippen LogP contribution in [0, 0.1) is 0 Å². The van der Waals surface area contributed by atoms with Gasteiger partial charge in [-0.15, -0.1) is 0 Å². The van der Waals surface area contributed by atoms with Crippen LogP contribution in [0.1, 0.15) is 19.7 Å². The summed E-state index contributed by atoms with van der Waals surface area (Å²) >= 11 is 0. The summed E-state index contributed by atoms with van der Waals surface area (Å²) in [6.07, 6.45) is 1.50. The third kappa shape index (κ3) is 2.29. The molecule has 0 bridgehead atoms. The van der Waals surface area contributed by atoms with E-state index in [1.54, 1.807) is 6.33 Å². The van der Waals surface area contributed by atoms with Crippen LogP contribution in [-0.2, 0) is 13.0 Å². The summed E-state index contributed by atoms with van der Waals surface area (Å²) in [5, 5.41) is 4.03. The van der Waals surface area contributed by atoms with E-state index in [1.807, 2.05) is 6.92 Å². The second-order valence-electron chi connectivity index (χ2n) is 2.52. The van der Waals surface area contributed by atoms with Crippen molar-refractivity contribution in [3.8, 4) is 0 Å². The molecule has 1 atom stereocenters. The van der Waals surface area contributed by atoms with Gasteiger partial charge in [-0.25, -0.2) is 14.1 Å². The molecule has 4 heteroatoms. The van der Waals surface area contributed by atoms with Crippen LogP contribution in [0.2, 0.25) is 0 Å². The average molecular weight is 157 g/mol. The van der Waals surface area contributed by atoms with E-state index >= 15 is 0 Å². The van der Waals surface area contributed by atoms with Crippen LogP contribution in [0.4, 0.5) is 4.39 Å². The lowest BCUT2D eigenvalue weighted by Gasteiger charge is -1.98. The summed E-state index contributed by atoms with van der Waals surface area (Å²) < 4.78 is 13.9. The van der Waals surface area contributed by atoms with Gasteiger partial charge in [-0.2, -0.15) is 5.10 Å². The van der Waals surface area contributed by atoms with Crippen molar-refractivity contribution in [3.63, 3.8) is 0 Å². The topological polar surface area (TPSA) is 30.7 Å². The second kappa shape index (κ2) is 3.46. The Hall–Kier alpha value is -0.930. The zero-order valence-electron chi connectivity index (χ0n) is 6.79. The highest BCUT2D eigenvalue weighted by Crippen LogP contribution is 1.95. The normalized spacial score (nSPS) is 13.4. The van der Waals surface area contributed by atoms with E-state index in [4.69, 9.17) is 0 Å². The summed E-state index contributed by atoms with van der Waals surface area (Å²) in [6, 6.07) is 0. The van der Waals surface area contributed by atoms with Gasteiger partial charge in [-0.05, 0) is 6.92 Å². The van der Waals surface area contributed by atoms with Gasteiger partial charge in [0, 0.05) is 6.42 Å². The maximum absolute atomic E-state index is 12.4. The number of alkyl halides is 1. The van der Waals surface area contributed by atoms with Crippen molar-refractivity contribution in [2.24, 2.45) is 0 Å². The van der Waals surface area contributed by atoms with Gasteiger partial charge in [0.05, 0.1) is 6.54 Å². The lowest BCUT2D eigenvalue weighted by molar-refractivity contribution is 0.308. The smallest absolute Gasteiger partial charge is 0.150 e. The third-order valence-electron chi connectivity index (χ3n) is 1.34. The molecule has 0 aliphatic carbocycles. The molecule has 1 heterocycles. The number of hydrogen-bond donors (Lipinski definition) is 0. The molecule has 0 saturated heterocycles. The molecule has 1 aromatic heterocycles. The molecule has 1 aromatic rings. The number of rotatable bonds is 3. The van der Waals surface area contributed by atoms with E-state index < -0.39 is 6.17 Å². The van der Waals surface area contributed by atoms with Crippen molar-refractivity contribution < 1.29 is 4.39 Å². The number of nitrogens with zero attached hydrogens (tertiary/aromatic N) is 3. The summed E-state index contributed by atoms with van der Waals surface area (Å²) in [7, 11) is 0. The summed E-state index contributed by atoms with van der Waals surface area (Å²) in [4.78, 5) is 3.97. The maximum Gasteiger partial charge on any atom is 0.150 e. The lowest BCUT2D eigenvalue weighted by Crippen LogP contribution is -2.08. The van der Waals surface area contributed by atoms with Crippen molar-refractivity contribution in [2.45, 2.75) is 33.0 Å². The van der Waals surface area contributed by atoms with Crippen molar-refractivity contribution in [1.29, 1.82) is 0 Å². The summed E-state index contributed by atoms with van der Waals surface area (Å²) in [6.45, 7) is 3.78. The molecule has 0 spiro atoms. The first kappa shape index (κ1) is 8.17. The lowest BCUT2D eigenvalue weighted by atomic mass is 10.4. The van der Waals surface area contributed by atoms with Gasteiger partial charge in [0.25, 0.3) is 0 Å². The molecule has 0 fully saturated rings. The quantitative estimate of drug-likeness (QED) is 0.660. The van der Waals surface area contributed by atoms with Crippen molar-refractivity contribution in [2.75, 3.05) is 0 Å². The van der Waals surface area contributed by atoms with Crippen LogP contribution in [-0.4, -0.2) is 20.9 Å². The fourth-order valence-electron chi connectivity index (χ4n) is 0.841. The van der Waals surface area contributed by atoms with Crippen LogP contribution in [0.15, 0.2) is 6.33 Å². The van der Waals surface area contributed by atoms with Gasteiger partial charge in [0.1, 0.15) is 18.3 Å². The Balaban J connectivity index is 2.58. The predicted octanol–water partition coefficient (Wildman–Crippen LogP) is 1.20. The molecule has 1 rings (SSSR count). The highest BCUT2D eigenvalue weighted by Gasteiger charge is 2.01. The van der Waals surface area contributed by atoms with E-state index in [2.05, 4.69) is 10.1 Å². The van der Waals surface area contributed by atoms with E-state index in [9.17, 15) is 4.39 Å². The zero-order chi connectivity index (χ0) is 8.27. The highest BCUT2D eigenvalue weighted by atomic mass is 19.1. The van der Waals surface area contributed by atoms with E-state index in [-0.39, 0.29) is 0 Å². The zero-order valence-corrected chi connectivity index (χ0v) is 6.79. The number of hydrogen-bond acceptors (Lipinski definition) is 2. The Morgan fingerprint density at radius 1 is 1.73 bits per heavy atom. The molecule has 3 nitrogen and oxygen atoms in total. The van der Waals surface area contributed by atoms with Crippen molar-refractivity contribution in [1.82, 2.24) is 14.8 Å². The van der Waals surface area contributed by atoms with Crippen LogP contribution in [0.5, 0.6) is 0 Å². The third-order valence-corrected chi connectivity index (χ3v) is 1.34. The molecule has 62 valence electrons. The van der Waals surface area contributed by atoms with Gasteiger partial charge in [0.2, 0.25) is 0 Å². The Morgan fingerprint density at radius 3 is 2.91 bits per heavy atom. The molecule has 0 saturated carbocycles. The van der Waals surface area contributed by atoms with E-state index in [1.165, 1.54) is 11.6 Å². The van der Waals surface area contributed by atoms with Gasteiger partial charge in [0.15, 0.2) is 0 Å². The van der Waals surface area contributed by atoms with Crippen LogP contribution in [0.3, 0.4) is 0 Å². The molecule has 0 aliphatic rings. The van der Waals surface area contributed by atoms with Gasteiger partial charge in [-0.1, -0.05) is 6.92 Å². The minimum absolute atomic E-state index is 0.299. The molecule has 0 radical (unpaired) electrons. The minimum Gasteiger partial charge on any atom is -0.250 e. The Labute approximate surface area is 65.2 Å². The van der Waals surface area contributed by atoms with Crippen LogP contribution >= 0.6 is 0 Å². The fraction of sp³-hybridized carbons (Fsp3) is 0.714. The molecular weight excluding hydrogens is 145 g/mol. The molecule has 0 aliphatic heterocycles. The summed E-state index contributed by atoms with van der Waals surface area (Å²) in [5.41, 5.74) is 0. The Kier molecular flexibility index (Phi) is 2.57. The van der Waals surface area contributed by atoms with Crippen LogP contribution in [0.25, 0.3) is 0 Å². The standard InChI is InChI=1S/C7H12FN3/c1-3-7-9-5-11(10-7)4-6(2)8/h5-6H,3-4H2,1-2H3. The van der Waals surface area contributed by atoms with Crippen LogP contribution < -0.4 is 0 Å². The Morgan fingerprint density at radius 2 is 2.45 bits per heavy atom. The molecular formula is C7H12FN3. The monoisotopic (exact) mass is 157 g/mol. The largest absolute Gasteiger partial charge is 0.250 e. The van der Waals surface area contributed by atoms with Crippen molar-refractivity contribution >= 4 is 0 Å².